The smallest absolute Gasteiger partial charge is 0.408 e. The number of nitrogens with zero attached hydrogens (tertiary/aromatic N) is 3. The Labute approximate surface area is 124 Å². The number of carbonyl (C=O) groups excluding carboxylic acids is 1. The van der Waals surface area contributed by atoms with Crippen molar-refractivity contribution in [2.75, 3.05) is 6.54 Å². The topological polar surface area (TPSA) is 103 Å². The molecule has 1 amide bonds. The SMILES string of the molecule is CCNC(=O)c1nc(Cn2c(=O)oc3ccc(C)cc32)no1. The second-order valence-electron chi connectivity index (χ2n) is 4.80. The lowest BCUT2D eigenvalue weighted by Gasteiger charge is -1.98. The second-order valence-corrected chi connectivity index (χ2v) is 4.80. The van der Waals surface area contributed by atoms with E-state index in [-0.39, 0.29) is 18.3 Å². The van der Waals surface area contributed by atoms with E-state index in [2.05, 4.69) is 15.5 Å². The van der Waals surface area contributed by atoms with Crippen LogP contribution in [0.4, 0.5) is 0 Å². The van der Waals surface area contributed by atoms with E-state index >= 15 is 0 Å². The van der Waals surface area contributed by atoms with E-state index < -0.39 is 11.7 Å². The molecule has 0 aliphatic rings. The Hall–Kier alpha value is -2.90. The van der Waals surface area contributed by atoms with Crippen LogP contribution >= 0.6 is 0 Å². The molecular weight excluding hydrogens is 288 g/mol. The van der Waals surface area contributed by atoms with Crippen LogP contribution in [0.3, 0.4) is 0 Å². The highest BCUT2D eigenvalue weighted by atomic mass is 16.5. The Balaban J connectivity index is 1.93. The summed E-state index contributed by atoms with van der Waals surface area (Å²) in [5, 5.41) is 6.28. The van der Waals surface area contributed by atoms with Crippen LogP contribution in [0.5, 0.6) is 0 Å². The fourth-order valence-electron chi connectivity index (χ4n) is 2.11. The summed E-state index contributed by atoms with van der Waals surface area (Å²) in [6, 6.07) is 5.43. The van der Waals surface area contributed by atoms with Gasteiger partial charge in [-0.05, 0) is 31.5 Å². The molecular formula is C14H14N4O4. The normalized spacial score (nSPS) is 11.0. The maximum atomic E-state index is 11.9. The molecule has 0 saturated heterocycles. The minimum Gasteiger partial charge on any atom is -0.408 e. The number of benzene rings is 1. The highest BCUT2D eigenvalue weighted by molar-refractivity contribution is 5.89. The van der Waals surface area contributed by atoms with E-state index in [0.717, 1.165) is 5.56 Å². The lowest BCUT2D eigenvalue weighted by Crippen LogP contribution is -2.23. The van der Waals surface area contributed by atoms with Gasteiger partial charge in [-0.3, -0.25) is 9.36 Å². The highest BCUT2D eigenvalue weighted by Crippen LogP contribution is 2.15. The molecule has 0 aliphatic heterocycles. The van der Waals surface area contributed by atoms with Crippen molar-refractivity contribution in [3.8, 4) is 0 Å². The lowest BCUT2D eigenvalue weighted by atomic mass is 10.2. The molecule has 2 heterocycles. The molecule has 8 heteroatoms. The van der Waals surface area contributed by atoms with Crippen molar-refractivity contribution in [1.29, 1.82) is 0 Å². The molecule has 3 rings (SSSR count). The molecule has 114 valence electrons. The van der Waals surface area contributed by atoms with Crippen LogP contribution in [-0.4, -0.2) is 27.2 Å². The van der Waals surface area contributed by atoms with Crippen molar-refractivity contribution in [3.63, 3.8) is 0 Å². The molecule has 1 aromatic carbocycles. The average molecular weight is 302 g/mol. The van der Waals surface area contributed by atoms with Gasteiger partial charge in [0.15, 0.2) is 11.4 Å². The largest absolute Gasteiger partial charge is 0.420 e. The van der Waals surface area contributed by atoms with Crippen molar-refractivity contribution >= 4 is 17.0 Å². The number of hydrogen-bond acceptors (Lipinski definition) is 6. The summed E-state index contributed by atoms with van der Waals surface area (Å²) in [6.07, 6.45) is 0. The van der Waals surface area contributed by atoms with Gasteiger partial charge in [-0.2, -0.15) is 4.98 Å². The third kappa shape index (κ3) is 2.50. The van der Waals surface area contributed by atoms with Gasteiger partial charge >= 0.3 is 17.6 Å². The van der Waals surface area contributed by atoms with Gasteiger partial charge in [-0.15, -0.1) is 0 Å². The molecule has 0 aliphatic carbocycles. The average Bonchev–Trinajstić information content (AvgIpc) is 3.06. The van der Waals surface area contributed by atoms with Gasteiger partial charge in [0, 0.05) is 6.54 Å². The maximum absolute atomic E-state index is 11.9. The molecule has 22 heavy (non-hydrogen) atoms. The van der Waals surface area contributed by atoms with Crippen LogP contribution in [0.1, 0.15) is 29.0 Å². The summed E-state index contributed by atoms with van der Waals surface area (Å²) >= 11 is 0. The van der Waals surface area contributed by atoms with Gasteiger partial charge in [-0.1, -0.05) is 11.2 Å². The standard InChI is InChI=1S/C14H14N4O4/c1-3-15-12(19)13-16-11(17-22-13)7-18-9-6-8(2)4-5-10(9)21-14(18)20/h4-6H,3,7H2,1-2H3,(H,15,19). The number of aryl methyl sites for hydroxylation is 1. The number of rotatable bonds is 4. The van der Waals surface area contributed by atoms with E-state index in [1.54, 1.807) is 13.0 Å². The molecule has 2 aromatic heterocycles. The Kier molecular flexibility index (Phi) is 3.50. The molecule has 0 spiro atoms. The summed E-state index contributed by atoms with van der Waals surface area (Å²) in [4.78, 5) is 27.5. The zero-order chi connectivity index (χ0) is 15.7. The molecule has 1 N–H and O–H groups in total. The molecule has 8 nitrogen and oxygen atoms in total. The highest BCUT2D eigenvalue weighted by Gasteiger charge is 2.17. The number of amides is 1. The summed E-state index contributed by atoms with van der Waals surface area (Å²) < 4.78 is 11.4. The van der Waals surface area contributed by atoms with Gasteiger partial charge < -0.3 is 14.3 Å². The minimum atomic E-state index is -0.509. The van der Waals surface area contributed by atoms with E-state index in [1.165, 1.54) is 4.57 Å². The molecule has 3 aromatic rings. The molecule has 0 unspecified atom stereocenters. The van der Waals surface area contributed by atoms with Crippen LogP contribution in [-0.2, 0) is 6.54 Å². The third-order valence-electron chi connectivity index (χ3n) is 3.12. The molecule has 0 saturated carbocycles. The summed E-state index contributed by atoms with van der Waals surface area (Å²) in [6.45, 7) is 4.23. The molecule has 0 radical (unpaired) electrons. The molecule has 0 fully saturated rings. The second kappa shape index (κ2) is 5.47. The first kappa shape index (κ1) is 14.1. The quantitative estimate of drug-likeness (QED) is 0.773. The first-order chi connectivity index (χ1) is 10.6. The molecule has 0 bridgehead atoms. The Bertz CT molecular complexity index is 890. The number of oxazole rings is 1. The van der Waals surface area contributed by atoms with Gasteiger partial charge in [0.05, 0.1) is 12.1 Å². The monoisotopic (exact) mass is 302 g/mol. The zero-order valence-corrected chi connectivity index (χ0v) is 12.1. The minimum absolute atomic E-state index is 0.0677. The van der Waals surface area contributed by atoms with Crippen LogP contribution in [0.2, 0.25) is 0 Å². The fraction of sp³-hybridized carbons (Fsp3) is 0.286. The number of nitrogens with one attached hydrogen (secondary N) is 1. The number of carbonyl (C=O) groups is 1. The fourth-order valence-corrected chi connectivity index (χ4v) is 2.11. The lowest BCUT2D eigenvalue weighted by molar-refractivity contribution is 0.0912. The van der Waals surface area contributed by atoms with Crippen molar-refractivity contribution in [2.45, 2.75) is 20.4 Å². The number of fused-ring (bicyclic) bond motifs is 1. The van der Waals surface area contributed by atoms with Gasteiger partial charge in [-0.25, -0.2) is 4.79 Å². The van der Waals surface area contributed by atoms with E-state index in [4.69, 9.17) is 8.94 Å². The van der Waals surface area contributed by atoms with Gasteiger partial charge in [0.2, 0.25) is 0 Å². The van der Waals surface area contributed by atoms with Crippen LogP contribution in [0.15, 0.2) is 31.9 Å². The number of hydrogen-bond donors (Lipinski definition) is 1. The third-order valence-corrected chi connectivity index (χ3v) is 3.12. The van der Waals surface area contributed by atoms with Crippen molar-refractivity contribution in [1.82, 2.24) is 20.0 Å². The Morgan fingerprint density at radius 3 is 3.00 bits per heavy atom. The van der Waals surface area contributed by atoms with Crippen LogP contribution in [0.25, 0.3) is 11.1 Å². The van der Waals surface area contributed by atoms with Crippen LogP contribution in [0, 0.1) is 6.92 Å². The summed E-state index contributed by atoms with van der Waals surface area (Å²) in [5.41, 5.74) is 2.13. The zero-order valence-electron chi connectivity index (χ0n) is 12.1. The van der Waals surface area contributed by atoms with Crippen molar-refractivity contribution < 1.29 is 13.7 Å². The maximum Gasteiger partial charge on any atom is 0.420 e. The Morgan fingerprint density at radius 2 is 2.23 bits per heavy atom. The predicted octanol–water partition coefficient (Wildman–Crippen LogP) is 1.08. The predicted molar refractivity (Wildman–Crippen MR) is 76.6 cm³/mol. The van der Waals surface area contributed by atoms with E-state index in [9.17, 15) is 9.59 Å². The van der Waals surface area contributed by atoms with E-state index in [0.29, 0.717) is 17.6 Å². The first-order valence-corrected chi connectivity index (χ1v) is 6.79. The summed E-state index contributed by atoms with van der Waals surface area (Å²) in [7, 11) is 0. The van der Waals surface area contributed by atoms with E-state index in [1.807, 2.05) is 19.1 Å². The molecule has 0 atom stereocenters. The van der Waals surface area contributed by atoms with Gasteiger partial charge in [0.25, 0.3) is 0 Å². The number of aromatic nitrogens is 3. The van der Waals surface area contributed by atoms with Crippen molar-refractivity contribution in [3.05, 3.63) is 46.0 Å². The van der Waals surface area contributed by atoms with Crippen LogP contribution < -0.4 is 11.1 Å². The summed E-state index contributed by atoms with van der Waals surface area (Å²) in [5.74, 6) is -0.854. The van der Waals surface area contributed by atoms with Crippen molar-refractivity contribution in [2.24, 2.45) is 0 Å². The van der Waals surface area contributed by atoms with Gasteiger partial charge in [0.1, 0.15) is 0 Å². The first-order valence-electron chi connectivity index (χ1n) is 6.79. The Morgan fingerprint density at radius 1 is 1.41 bits per heavy atom.